The fourth-order valence-electron chi connectivity index (χ4n) is 3.47. The van der Waals surface area contributed by atoms with E-state index in [0.717, 1.165) is 11.8 Å². The van der Waals surface area contributed by atoms with Gasteiger partial charge in [-0.25, -0.2) is 15.2 Å². The van der Waals surface area contributed by atoms with Crippen molar-refractivity contribution in [3.63, 3.8) is 0 Å². The monoisotopic (exact) mass is 709 g/mol. The molecule has 48 heavy (non-hydrogen) atoms. The molecule has 0 aromatic carbocycles. The fourth-order valence-corrected chi connectivity index (χ4v) is 4.81. The Hall–Kier alpha value is -2.91. The molecule has 1 aliphatic rings. The van der Waals surface area contributed by atoms with E-state index in [1.807, 2.05) is 20.8 Å². The van der Waals surface area contributed by atoms with Crippen LogP contribution in [0.1, 0.15) is 95.2 Å². The van der Waals surface area contributed by atoms with E-state index in [0.29, 0.717) is 37.8 Å². The highest BCUT2D eigenvalue weighted by atomic mass is 31.2. The van der Waals surface area contributed by atoms with Crippen molar-refractivity contribution in [2.45, 2.75) is 101 Å². The molecule has 3 rings (SSSR count). The number of nitrogens with two attached hydrogens (primary N) is 1. The molecule has 15 nitrogen and oxygen atoms in total. The minimum atomic E-state index is -3.82. The first-order valence-electron chi connectivity index (χ1n) is 16.5. The summed E-state index contributed by atoms with van der Waals surface area (Å²) in [5, 5.41) is 5.03. The number of fused-ring (bicyclic) bond motifs is 1. The second-order valence-electron chi connectivity index (χ2n) is 11.0. The predicted octanol–water partition coefficient (Wildman–Crippen LogP) is 5.85. The van der Waals surface area contributed by atoms with Gasteiger partial charge < -0.3 is 29.2 Å². The average molecular weight is 710 g/mol. The number of anilines is 1. The van der Waals surface area contributed by atoms with E-state index in [9.17, 15) is 18.5 Å². The van der Waals surface area contributed by atoms with E-state index < -0.39 is 31.9 Å². The number of alkyl halides is 1. The first-order valence-corrected chi connectivity index (χ1v) is 18.1. The van der Waals surface area contributed by atoms with E-state index in [2.05, 4.69) is 66.7 Å². The summed E-state index contributed by atoms with van der Waals surface area (Å²) in [5.41, 5.74) is 6.76. The zero-order chi connectivity index (χ0) is 37.3. The molecule has 0 bridgehead atoms. The highest BCUT2D eigenvalue weighted by Gasteiger charge is 2.32. The SMILES string of the molecule is CC.CC(C)C.CC(C)C.CCOC(=O)CNP(=O)(NCC(=O)OCC)OCC1CCC(n2cnc3c(OCC)nc(N)nc32)O1.CF. The second kappa shape index (κ2) is 27.0. The topological polar surface area (TPSA) is 191 Å². The summed E-state index contributed by atoms with van der Waals surface area (Å²) in [6.07, 6.45) is 1.90. The van der Waals surface area contributed by atoms with Gasteiger partial charge >= 0.3 is 19.6 Å². The van der Waals surface area contributed by atoms with Crippen molar-refractivity contribution < 1.29 is 42.0 Å². The van der Waals surface area contributed by atoms with Crippen LogP contribution in [0.4, 0.5) is 10.3 Å². The van der Waals surface area contributed by atoms with Crippen LogP contribution in [0.2, 0.25) is 0 Å². The Morgan fingerprint density at radius 1 is 0.958 bits per heavy atom. The molecular formula is C31H61FN7O8P. The van der Waals surface area contributed by atoms with Crippen LogP contribution in [-0.4, -0.2) is 84.3 Å². The van der Waals surface area contributed by atoms with Gasteiger partial charge in [-0.15, -0.1) is 0 Å². The number of carbonyl (C=O) groups is 2. The lowest BCUT2D eigenvalue weighted by atomic mass is 10.2. The van der Waals surface area contributed by atoms with E-state index in [1.54, 1.807) is 24.7 Å². The summed E-state index contributed by atoms with van der Waals surface area (Å²) in [6, 6.07) is 0. The molecule has 17 heteroatoms. The number of hydrogen-bond acceptors (Lipinski definition) is 12. The van der Waals surface area contributed by atoms with Gasteiger partial charge in [0.25, 0.3) is 0 Å². The lowest BCUT2D eigenvalue weighted by molar-refractivity contribution is -0.142. The molecule has 0 amide bonds. The minimum Gasteiger partial charge on any atom is -0.476 e. The highest BCUT2D eigenvalue weighted by molar-refractivity contribution is 7.54. The summed E-state index contributed by atoms with van der Waals surface area (Å²) in [6.45, 7) is 22.0. The summed E-state index contributed by atoms with van der Waals surface area (Å²) in [5.74, 6) is 0.775. The van der Waals surface area contributed by atoms with Gasteiger partial charge in [0.1, 0.15) is 19.3 Å². The molecule has 280 valence electrons. The van der Waals surface area contributed by atoms with Crippen LogP contribution < -0.4 is 20.6 Å². The number of nitrogen functional groups attached to an aromatic ring is 1. The molecule has 3 heterocycles. The predicted molar refractivity (Wildman–Crippen MR) is 186 cm³/mol. The molecule has 0 aliphatic carbocycles. The van der Waals surface area contributed by atoms with Crippen LogP contribution in [0.25, 0.3) is 11.2 Å². The zero-order valence-electron chi connectivity index (χ0n) is 31.0. The molecule has 0 radical (unpaired) electrons. The van der Waals surface area contributed by atoms with Crippen molar-refractivity contribution in [3.8, 4) is 5.88 Å². The summed E-state index contributed by atoms with van der Waals surface area (Å²) in [7, 11) is -3.32. The van der Waals surface area contributed by atoms with Crippen molar-refractivity contribution in [1.82, 2.24) is 29.7 Å². The number of rotatable bonds is 14. The number of ether oxygens (including phenoxy) is 4. The third-order valence-corrected chi connectivity index (χ3v) is 6.66. The Bertz CT molecular complexity index is 1170. The maximum Gasteiger partial charge on any atom is 0.341 e. The molecule has 1 saturated heterocycles. The minimum absolute atomic E-state index is 0.0480. The molecule has 0 spiro atoms. The molecule has 4 N–H and O–H groups in total. The number of carbonyl (C=O) groups excluding carboxylic acids is 2. The van der Waals surface area contributed by atoms with Gasteiger partial charge in [-0.3, -0.25) is 23.1 Å². The number of imidazole rings is 1. The van der Waals surface area contributed by atoms with Crippen molar-refractivity contribution in [2.24, 2.45) is 11.8 Å². The van der Waals surface area contributed by atoms with Crippen molar-refractivity contribution in [2.75, 3.05) is 52.4 Å². The maximum atomic E-state index is 13.2. The van der Waals surface area contributed by atoms with E-state index in [4.69, 9.17) is 29.2 Å². The molecule has 2 unspecified atom stereocenters. The summed E-state index contributed by atoms with van der Waals surface area (Å²) in [4.78, 5) is 36.1. The molecule has 1 aliphatic heterocycles. The average Bonchev–Trinajstić information content (AvgIpc) is 3.67. The van der Waals surface area contributed by atoms with Crippen LogP contribution in [0.5, 0.6) is 5.88 Å². The smallest absolute Gasteiger partial charge is 0.341 e. The molecular weight excluding hydrogens is 648 g/mol. The number of nitrogens with zero attached hydrogens (tertiary/aromatic N) is 4. The second-order valence-corrected chi connectivity index (χ2v) is 13.0. The van der Waals surface area contributed by atoms with Crippen molar-refractivity contribution in [1.29, 1.82) is 0 Å². The van der Waals surface area contributed by atoms with Gasteiger partial charge in [0.2, 0.25) is 11.8 Å². The van der Waals surface area contributed by atoms with Crippen molar-refractivity contribution >= 4 is 36.7 Å². The Morgan fingerprint density at radius 3 is 1.92 bits per heavy atom. The van der Waals surface area contributed by atoms with Gasteiger partial charge in [0, 0.05) is 0 Å². The van der Waals surface area contributed by atoms with Gasteiger partial charge in [0.15, 0.2) is 11.2 Å². The number of halogens is 1. The Labute approximate surface area is 286 Å². The molecule has 2 aromatic rings. The first-order chi connectivity index (χ1) is 22.7. The first kappa shape index (κ1) is 47.2. The fraction of sp³-hybridized carbons (Fsp3) is 0.774. The Balaban J connectivity index is 0. The van der Waals surface area contributed by atoms with Gasteiger partial charge in [-0.2, -0.15) is 9.97 Å². The van der Waals surface area contributed by atoms with Crippen LogP contribution in [0.3, 0.4) is 0 Å². The van der Waals surface area contributed by atoms with Crippen LogP contribution >= 0.6 is 7.67 Å². The molecule has 1 fully saturated rings. The third kappa shape index (κ3) is 19.8. The van der Waals surface area contributed by atoms with Gasteiger partial charge in [0.05, 0.1) is 46.0 Å². The van der Waals surface area contributed by atoms with Crippen LogP contribution in [0, 0.1) is 11.8 Å². The van der Waals surface area contributed by atoms with Crippen LogP contribution in [-0.2, 0) is 32.9 Å². The number of nitrogens with one attached hydrogen (secondary N) is 2. The standard InChI is InChI=1S/C20H32N7O8P.2C4H10.C2H6.CH3F/c1-4-31-15(28)9-23-36(30,24-10-16(29)32-5-2)34-11-13-7-8-14(35-13)27-12-22-17-18(27)25-20(21)26-19(17)33-6-3;2*1-4(2)3;2*1-2/h12-14H,4-11H2,1-3H3,(H2,21,25,26)(H2,23,24,30);2*4H,1-3H3;1-2H3;1H3. The van der Waals surface area contributed by atoms with E-state index in [1.165, 1.54) is 0 Å². The number of esters is 2. The van der Waals surface area contributed by atoms with E-state index in [-0.39, 0.29) is 44.7 Å². The van der Waals surface area contributed by atoms with Crippen LogP contribution in [0.15, 0.2) is 6.33 Å². The quantitative estimate of drug-likeness (QED) is 0.156. The Morgan fingerprint density at radius 2 is 1.46 bits per heavy atom. The summed E-state index contributed by atoms with van der Waals surface area (Å²) < 4.78 is 51.3. The lowest BCUT2D eigenvalue weighted by Crippen LogP contribution is -2.34. The normalized spacial score (nSPS) is 15.1. The van der Waals surface area contributed by atoms with Gasteiger partial charge in [-0.1, -0.05) is 55.4 Å². The summed E-state index contributed by atoms with van der Waals surface area (Å²) >= 11 is 0. The number of aromatic nitrogens is 4. The largest absolute Gasteiger partial charge is 0.476 e. The van der Waals surface area contributed by atoms with Gasteiger partial charge in [-0.05, 0) is 45.4 Å². The molecule has 2 atom stereocenters. The maximum absolute atomic E-state index is 13.2. The molecule has 2 aromatic heterocycles. The lowest BCUT2D eigenvalue weighted by Gasteiger charge is -2.22. The van der Waals surface area contributed by atoms with E-state index >= 15 is 0 Å². The zero-order valence-corrected chi connectivity index (χ0v) is 31.9. The van der Waals surface area contributed by atoms with Crippen molar-refractivity contribution in [3.05, 3.63) is 6.33 Å². The number of hydrogen-bond donors (Lipinski definition) is 3. The highest BCUT2D eigenvalue weighted by Crippen LogP contribution is 2.39. The third-order valence-electron chi connectivity index (χ3n) is 5.00. The molecule has 0 saturated carbocycles. The Kier molecular flexibility index (Phi) is 26.5.